The molecule has 0 aliphatic heterocycles. The minimum absolute atomic E-state index is 0.216. The van der Waals surface area contributed by atoms with Crippen LogP contribution in [0, 0.1) is 0 Å². The number of rotatable bonds is 3. The van der Waals surface area contributed by atoms with Crippen molar-refractivity contribution in [1.29, 1.82) is 0 Å². The summed E-state index contributed by atoms with van der Waals surface area (Å²) >= 11 is 0. The monoisotopic (exact) mass is 427 g/mol. The number of aromatic hydroxyl groups is 1. The Balaban J connectivity index is 0.000000176. The van der Waals surface area contributed by atoms with Crippen molar-refractivity contribution in [3.8, 4) is 17.2 Å². The lowest BCUT2D eigenvalue weighted by Crippen LogP contribution is -2.14. The molecule has 0 saturated heterocycles. The molecule has 0 spiro atoms. The molecular weight excluding hydrogens is 394 g/mol. The first-order valence-corrected chi connectivity index (χ1v) is 11.5. The number of nitrogens with zero attached hydrogens (tertiary/aromatic N) is 1. The minimum atomic E-state index is 0.216. The predicted molar refractivity (Wildman–Crippen MR) is 132 cm³/mol. The van der Waals surface area contributed by atoms with Gasteiger partial charge in [-0.25, -0.2) is 4.98 Å². The molecule has 0 radical (unpaired) electrons. The molecule has 1 aromatic heterocycles. The molecular formula is C29H33NO2. The van der Waals surface area contributed by atoms with E-state index in [1.54, 1.807) is 12.1 Å². The van der Waals surface area contributed by atoms with E-state index in [4.69, 9.17) is 9.52 Å². The van der Waals surface area contributed by atoms with Crippen LogP contribution in [0.15, 0.2) is 71.1 Å². The highest BCUT2D eigenvalue weighted by Gasteiger charge is 2.30. The Hall–Kier alpha value is -3.07. The third-order valence-electron chi connectivity index (χ3n) is 6.92. The molecule has 3 heteroatoms. The van der Waals surface area contributed by atoms with E-state index in [2.05, 4.69) is 51.7 Å². The molecule has 5 rings (SSSR count). The third-order valence-corrected chi connectivity index (χ3v) is 6.92. The first-order chi connectivity index (χ1) is 15.2. The normalized spacial score (nSPS) is 14.7. The number of phenolic OH excluding ortho intramolecular Hbond substituents is 1. The summed E-state index contributed by atoms with van der Waals surface area (Å²) in [6.07, 6.45) is 3.46. The lowest BCUT2D eigenvalue weighted by molar-refractivity contribution is 0.471. The van der Waals surface area contributed by atoms with Gasteiger partial charge < -0.3 is 9.52 Å². The molecule has 32 heavy (non-hydrogen) atoms. The van der Waals surface area contributed by atoms with Crippen molar-refractivity contribution in [2.45, 2.75) is 64.7 Å². The van der Waals surface area contributed by atoms with E-state index in [9.17, 15) is 0 Å². The van der Waals surface area contributed by atoms with Crippen LogP contribution >= 0.6 is 0 Å². The van der Waals surface area contributed by atoms with Crippen LogP contribution in [0.1, 0.15) is 64.2 Å². The number of hydrogen-bond donors (Lipinski definition) is 1. The zero-order valence-corrected chi connectivity index (χ0v) is 19.8. The van der Waals surface area contributed by atoms with Gasteiger partial charge in [-0.2, -0.15) is 0 Å². The molecule has 0 atom stereocenters. The minimum Gasteiger partial charge on any atom is -0.508 e. The molecule has 3 nitrogen and oxygen atoms in total. The van der Waals surface area contributed by atoms with Crippen molar-refractivity contribution in [1.82, 2.24) is 4.98 Å². The van der Waals surface area contributed by atoms with Gasteiger partial charge in [0.2, 0.25) is 5.89 Å². The van der Waals surface area contributed by atoms with Crippen LogP contribution in [0.25, 0.3) is 22.6 Å². The van der Waals surface area contributed by atoms with Gasteiger partial charge in [0.1, 0.15) is 11.3 Å². The van der Waals surface area contributed by atoms with Crippen LogP contribution in [0.5, 0.6) is 5.75 Å². The van der Waals surface area contributed by atoms with Gasteiger partial charge in [0, 0.05) is 5.56 Å². The van der Waals surface area contributed by atoms with Crippen LogP contribution < -0.4 is 0 Å². The SMILES string of the molecule is CC1(C)CCc2cc3oc(-c4ccccc4)nc3cc21.CCC(C)(C)c1ccc(O)cc1. The number of benzene rings is 3. The van der Waals surface area contributed by atoms with Crippen molar-refractivity contribution >= 4 is 11.1 Å². The Kier molecular flexibility index (Phi) is 5.85. The van der Waals surface area contributed by atoms with Crippen LogP contribution in [0.3, 0.4) is 0 Å². The number of aryl methyl sites for hydroxylation is 1. The van der Waals surface area contributed by atoms with Crippen LogP contribution in [0.2, 0.25) is 0 Å². The van der Waals surface area contributed by atoms with Gasteiger partial charge in [0.05, 0.1) is 0 Å². The van der Waals surface area contributed by atoms with Gasteiger partial charge in [-0.05, 0) is 83.2 Å². The molecule has 0 saturated carbocycles. The highest BCUT2D eigenvalue weighted by Crippen LogP contribution is 2.40. The highest BCUT2D eigenvalue weighted by atomic mass is 16.3. The van der Waals surface area contributed by atoms with Crippen LogP contribution in [0.4, 0.5) is 0 Å². The smallest absolute Gasteiger partial charge is 0.227 e. The largest absolute Gasteiger partial charge is 0.508 e. The maximum atomic E-state index is 9.10. The van der Waals surface area contributed by atoms with E-state index in [1.165, 1.54) is 23.1 Å². The molecule has 1 aliphatic rings. The average Bonchev–Trinajstić information content (AvgIpc) is 3.34. The van der Waals surface area contributed by atoms with Crippen LogP contribution in [-0.2, 0) is 17.3 Å². The summed E-state index contributed by atoms with van der Waals surface area (Å²) in [5.74, 6) is 1.05. The van der Waals surface area contributed by atoms with Gasteiger partial charge in [0.15, 0.2) is 5.58 Å². The summed E-state index contributed by atoms with van der Waals surface area (Å²) in [5.41, 5.74) is 7.50. The second-order valence-electron chi connectivity index (χ2n) is 10.0. The van der Waals surface area contributed by atoms with Gasteiger partial charge in [-0.1, -0.05) is 65.0 Å². The third kappa shape index (κ3) is 4.43. The van der Waals surface area contributed by atoms with Crippen LogP contribution in [-0.4, -0.2) is 10.1 Å². The average molecular weight is 428 g/mol. The number of phenols is 1. The molecule has 0 amide bonds. The maximum absolute atomic E-state index is 9.10. The van der Waals surface area contributed by atoms with E-state index in [1.807, 2.05) is 42.5 Å². The Labute approximate surface area is 191 Å². The Morgan fingerprint density at radius 3 is 2.34 bits per heavy atom. The second-order valence-corrected chi connectivity index (χ2v) is 10.0. The standard InChI is InChI=1S/C18H17NO.C11H16O/c1-18(2)9-8-13-10-16-15(11-14(13)18)19-17(20-16)12-6-4-3-5-7-12;1-4-11(2,3)9-5-7-10(12)8-6-9/h3-7,10-11H,8-9H2,1-2H3;5-8,12H,4H2,1-3H3. The molecule has 166 valence electrons. The Morgan fingerprint density at radius 2 is 1.69 bits per heavy atom. The predicted octanol–water partition coefficient (Wildman–Crippen LogP) is 7.80. The van der Waals surface area contributed by atoms with E-state index < -0.39 is 0 Å². The number of fused-ring (bicyclic) bond motifs is 2. The molecule has 1 N–H and O–H groups in total. The molecule has 1 aliphatic carbocycles. The summed E-state index contributed by atoms with van der Waals surface area (Å²) in [7, 11) is 0. The second kappa shape index (κ2) is 8.46. The summed E-state index contributed by atoms with van der Waals surface area (Å²) in [5, 5.41) is 9.10. The first-order valence-electron chi connectivity index (χ1n) is 11.5. The number of hydrogen-bond acceptors (Lipinski definition) is 3. The number of aromatic nitrogens is 1. The molecule has 0 unspecified atom stereocenters. The van der Waals surface area contributed by atoms with Gasteiger partial charge in [-0.3, -0.25) is 0 Å². The molecule has 4 aromatic rings. The fraction of sp³-hybridized carbons (Fsp3) is 0.345. The lowest BCUT2D eigenvalue weighted by Gasteiger charge is -2.22. The summed E-state index contributed by atoms with van der Waals surface area (Å²) in [6.45, 7) is 11.2. The van der Waals surface area contributed by atoms with Crippen molar-refractivity contribution in [2.75, 3.05) is 0 Å². The number of oxazole rings is 1. The summed E-state index contributed by atoms with van der Waals surface area (Å²) < 4.78 is 5.94. The zero-order valence-electron chi connectivity index (χ0n) is 19.8. The van der Waals surface area contributed by atoms with Gasteiger partial charge in [0.25, 0.3) is 0 Å². The fourth-order valence-corrected chi connectivity index (χ4v) is 4.26. The van der Waals surface area contributed by atoms with E-state index in [-0.39, 0.29) is 10.8 Å². The maximum Gasteiger partial charge on any atom is 0.227 e. The topological polar surface area (TPSA) is 46.3 Å². The van der Waals surface area contributed by atoms with Crippen molar-refractivity contribution in [3.05, 3.63) is 83.4 Å². The molecule has 0 fully saturated rings. The Morgan fingerprint density at radius 1 is 1.00 bits per heavy atom. The summed E-state index contributed by atoms with van der Waals surface area (Å²) in [6, 6.07) is 21.9. The van der Waals surface area contributed by atoms with E-state index in [0.29, 0.717) is 11.6 Å². The first kappa shape index (κ1) is 22.1. The van der Waals surface area contributed by atoms with E-state index in [0.717, 1.165) is 29.5 Å². The quantitative estimate of drug-likeness (QED) is 0.363. The highest BCUT2D eigenvalue weighted by molar-refractivity contribution is 5.79. The van der Waals surface area contributed by atoms with Gasteiger partial charge >= 0.3 is 0 Å². The molecule has 0 bridgehead atoms. The fourth-order valence-electron chi connectivity index (χ4n) is 4.26. The van der Waals surface area contributed by atoms with Crippen molar-refractivity contribution in [2.24, 2.45) is 0 Å². The summed E-state index contributed by atoms with van der Waals surface area (Å²) in [4.78, 5) is 4.66. The molecule has 3 aromatic carbocycles. The van der Waals surface area contributed by atoms with Gasteiger partial charge in [-0.15, -0.1) is 0 Å². The lowest BCUT2D eigenvalue weighted by atomic mass is 9.82. The Bertz CT molecular complexity index is 1200. The van der Waals surface area contributed by atoms with Crippen molar-refractivity contribution < 1.29 is 9.52 Å². The zero-order chi connectivity index (χ0) is 22.9. The van der Waals surface area contributed by atoms with E-state index >= 15 is 0 Å². The molecule has 1 heterocycles. The van der Waals surface area contributed by atoms with Crippen molar-refractivity contribution in [3.63, 3.8) is 0 Å².